The number of thiazole rings is 1. The summed E-state index contributed by atoms with van der Waals surface area (Å²) in [5, 5.41) is 0. The van der Waals surface area contributed by atoms with E-state index in [1.165, 1.54) is 12.0 Å². The first-order valence-electron chi connectivity index (χ1n) is 3.66. The van der Waals surface area contributed by atoms with Crippen molar-refractivity contribution in [3.05, 3.63) is 16.1 Å². The zero-order valence-corrected chi connectivity index (χ0v) is 10.2. The molecule has 0 saturated heterocycles. The first kappa shape index (κ1) is 12.6. The maximum Gasteiger partial charge on any atom is 0.372 e. The van der Waals surface area contributed by atoms with E-state index in [1.807, 2.05) is 23.9 Å². The Morgan fingerprint density at radius 2 is 2.23 bits per heavy atom. The number of halogens is 1. The number of rotatable bonds is 2. The van der Waals surface area contributed by atoms with Gasteiger partial charge < -0.3 is 21.7 Å². The topological polar surface area (TPSA) is 30.2 Å². The van der Waals surface area contributed by atoms with Crippen LogP contribution in [0, 0.1) is 13.8 Å². The summed E-state index contributed by atoms with van der Waals surface area (Å²) in [6.07, 6.45) is 0. The van der Waals surface area contributed by atoms with E-state index in [0.717, 1.165) is 5.69 Å². The number of aromatic nitrogens is 1. The van der Waals surface area contributed by atoms with Gasteiger partial charge in [-0.25, -0.2) is 4.79 Å². The van der Waals surface area contributed by atoms with Crippen LogP contribution in [-0.4, -0.2) is 13.1 Å². The van der Waals surface area contributed by atoms with Gasteiger partial charge in [0.1, 0.15) is 0 Å². The molecule has 0 aliphatic carbocycles. The molecule has 1 aromatic heterocycles. The van der Waals surface area contributed by atoms with Crippen molar-refractivity contribution in [1.29, 1.82) is 0 Å². The third-order valence-corrected chi connectivity index (χ3v) is 2.83. The van der Waals surface area contributed by atoms with E-state index in [1.54, 1.807) is 11.3 Å². The van der Waals surface area contributed by atoms with E-state index in [-0.39, 0.29) is 23.0 Å². The lowest BCUT2D eigenvalue weighted by Crippen LogP contribution is -3.00. The van der Waals surface area contributed by atoms with Crippen molar-refractivity contribution in [3.8, 4) is 0 Å². The lowest BCUT2D eigenvalue weighted by molar-refractivity contribution is -0.687. The lowest BCUT2D eigenvalue weighted by Gasteiger charge is -1.93. The summed E-state index contributed by atoms with van der Waals surface area (Å²) < 4.78 is 6.46. The second-order valence-corrected chi connectivity index (χ2v) is 3.63. The van der Waals surface area contributed by atoms with Gasteiger partial charge in [-0.15, -0.1) is 0 Å². The van der Waals surface area contributed by atoms with Crippen molar-refractivity contribution in [2.24, 2.45) is 0 Å². The summed E-state index contributed by atoms with van der Waals surface area (Å²) in [6, 6.07) is 0. The fourth-order valence-electron chi connectivity index (χ4n) is 0.869. The second-order valence-electron chi connectivity index (χ2n) is 2.57. The van der Waals surface area contributed by atoms with E-state index < -0.39 is 0 Å². The Morgan fingerprint density at radius 3 is 2.62 bits per heavy atom. The van der Waals surface area contributed by atoms with Crippen molar-refractivity contribution in [1.82, 2.24) is 0 Å². The normalized spacial score (nSPS) is 9.15. The molecule has 0 amide bonds. The van der Waals surface area contributed by atoms with Gasteiger partial charge in [0.2, 0.25) is 12.1 Å². The van der Waals surface area contributed by atoms with Crippen molar-refractivity contribution in [2.75, 3.05) is 7.11 Å². The first-order chi connectivity index (χ1) is 5.65. The van der Waals surface area contributed by atoms with Crippen LogP contribution in [0.25, 0.3) is 0 Å². The number of esters is 1. The van der Waals surface area contributed by atoms with Crippen molar-refractivity contribution in [2.45, 2.75) is 20.4 Å². The van der Waals surface area contributed by atoms with Crippen molar-refractivity contribution < 1.29 is 31.1 Å². The van der Waals surface area contributed by atoms with Crippen LogP contribution in [0.1, 0.15) is 10.6 Å². The summed E-state index contributed by atoms with van der Waals surface area (Å²) >= 11 is 1.64. The zero-order chi connectivity index (χ0) is 9.14. The van der Waals surface area contributed by atoms with Crippen LogP contribution in [-0.2, 0) is 16.1 Å². The molecule has 0 unspecified atom stereocenters. The highest BCUT2D eigenvalue weighted by Crippen LogP contribution is 2.07. The average Bonchev–Trinajstić information content (AvgIpc) is 2.36. The third kappa shape index (κ3) is 3.08. The lowest BCUT2D eigenvalue weighted by atomic mass is 10.4. The molecule has 0 atom stereocenters. The van der Waals surface area contributed by atoms with Gasteiger partial charge in [0.15, 0.2) is 5.69 Å². The van der Waals surface area contributed by atoms with Gasteiger partial charge in [0, 0.05) is 6.92 Å². The Kier molecular flexibility index (Phi) is 5.17. The van der Waals surface area contributed by atoms with Gasteiger partial charge in [-0.2, -0.15) is 4.57 Å². The minimum atomic E-state index is -0.207. The molecule has 1 rings (SSSR count). The molecule has 0 radical (unpaired) electrons. The molecule has 0 aromatic carbocycles. The first-order valence-corrected chi connectivity index (χ1v) is 4.54. The molecule has 74 valence electrons. The van der Waals surface area contributed by atoms with Crippen LogP contribution in [0.3, 0.4) is 0 Å². The molecule has 1 aromatic rings. The van der Waals surface area contributed by atoms with Crippen LogP contribution in [0.5, 0.6) is 0 Å². The van der Waals surface area contributed by atoms with Gasteiger partial charge in [-0.05, 0) is 6.92 Å². The predicted molar refractivity (Wildman–Crippen MR) is 46.0 cm³/mol. The molecule has 0 fully saturated rings. The van der Waals surface area contributed by atoms with Gasteiger partial charge in [-0.3, -0.25) is 0 Å². The number of hydrogen-bond donors (Lipinski definition) is 0. The van der Waals surface area contributed by atoms with Crippen LogP contribution >= 0.6 is 11.3 Å². The largest absolute Gasteiger partial charge is 1.00 e. The highest BCUT2D eigenvalue weighted by Gasteiger charge is 2.15. The summed E-state index contributed by atoms with van der Waals surface area (Å²) in [7, 11) is 1.40. The van der Waals surface area contributed by atoms with Gasteiger partial charge in [-0.1, -0.05) is 11.3 Å². The van der Waals surface area contributed by atoms with Crippen molar-refractivity contribution in [3.63, 3.8) is 0 Å². The molecule has 0 bridgehead atoms. The van der Waals surface area contributed by atoms with Crippen LogP contribution in [0.4, 0.5) is 0 Å². The highest BCUT2D eigenvalue weighted by atomic mass is 79.9. The molecular weight excluding hydrogens is 254 g/mol. The third-order valence-electron chi connectivity index (χ3n) is 1.82. The van der Waals surface area contributed by atoms with Crippen LogP contribution < -0.4 is 21.5 Å². The molecule has 0 saturated carbocycles. The molecular formula is C8H12BrNO2S. The minimum absolute atomic E-state index is 0. The maximum atomic E-state index is 10.9. The molecule has 1 heterocycles. The molecule has 0 N–H and O–H groups in total. The number of nitrogens with zero attached hydrogens (tertiary/aromatic N) is 1. The quantitative estimate of drug-likeness (QED) is 0.450. The molecule has 5 heteroatoms. The number of carbonyl (C=O) groups excluding carboxylic acids is 1. The molecule has 0 spiro atoms. The number of aryl methyl sites for hydroxylation is 1. The molecule has 0 aliphatic rings. The molecule has 3 nitrogen and oxygen atoms in total. The van der Waals surface area contributed by atoms with Gasteiger partial charge >= 0.3 is 5.97 Å². The summed E-state index contributed by atoms with van der Waals surface area (Å²) in [6.45, 7) is 4.34. The average molecular weight is 266 g/mol. The van der Waals surface area contributed by atoms with E-state index in [4.69, 9.17) is 0 Å². The summed E-state index contributed by atoms with van der Waals surface area (Å²) in [5.74, 6) is -0.207. The Labute approximate surface area is 92.1 Å². The summed E-state index contributed by atoms with van der Waals surface area (Å²) in [5.41, 5.74) is 3.06. The Hall–Kier alpha value is -0.420. The zero-order valence-electron chi connectivity index (χ0n) is 7.83. The predicted octanol–water partition coefficient (Wildman–Crippen LogP) is -2.17. The second kappa shape index (κ2) is 5.34. The standard InChI is InChI=1S/C8H12NO2S.BrH/c1-6-7(2)12-5-9(6)4-8(10)11-3;/h5H,4H2,1-3H3;1H/q+1;/p-1. The smallest absolute Gasteiger partial charge is 0.372 e. The van der Waals surface area contributed by atoms with E-state index >= 15 is 0 Å². The fourth-order valence-corrected chi connectivity index (χ4v) is 1.67. The van der Waals surface area contributed by atoms with Gasteiger partial charge in [0.25, 0.3) is 0 Å². The van der Waals surface area contributed by atoms with E-state index in [2.05, 4.69) is 4.74 Å². The fraction of sp³-hybridized carbons (Fsp3) is 0.500. The number of carbonyl (C=O) groups is 1. The van der Waals surface area contributed by atoms with Crippen LogP contribution in [0.15, 0.2) is 5.51 Å². The van der Waals surface area contributed by atoms with Crippen molar-refractivity contribution >= 4 is 17.3 Å². The SMILES string of the molecule is COC(=O)C[n+]1csc(C)c1C.[Br-]. The Bertz CT molecular complexity index is 298. The maximum absolute atomic E-state index is 10.9. The summed E-state index contributed by atoms with van der Waals surface area (Å²) in [4.78, 5) is 12.1. The monoisotopic (exact) mass is 265 g/mol. The number of hydrogen-bond acceptors (Lipinski definition) is 3. The van der Waals surface area contributed by atoms with E-state index in [9.17, 15) is 4.79 Å². The Morgan fingerprint density at radius 1 is 1.62 bits per heavy atom. The highest BCUT2D eigenvalue weighted by molar-refractivity contribution is 7.09. The van der Waals surface area contributed by atoms with Gasteiger partial charge in [0.05, 0.1) is 12.0 Å². The molecule has 0 aliphatic heterocycles. The number of methoxy groups -OCH3 is 1. The Balaban J connectivity index is 0.00000144. The van der Waals surface area contributed by atoms with Crippen LogP contribution in [0.2, 0.25) is 0 Å². The molecule has 13 heavy (non-hydrogen) atoms. The van der Waals surface area contributed by atoms with E-state index in [0.29, 0.717) is 6.54 Å². The minimum Gasteiger partial charge on any atom is -1.00 e. The number of ether oxygens (including phenoxy) is 1.